The van der Waals surface area contributed by atoms with E-state index in [0.29, 0.717) is 5.13 Å². The van der Waals surface area contributed by atoms with Crippen molar-refractivity contribution in [2.24, 2.45) is 0 Å². The Hall–Kier alpha value is -1.15. The molecule has 0 aliphatic heterocycles. The summed E-state index contributed by atoms with van der Waals surface area (Å²) in [6.45, 7) is 0. The Bertz CT molecular complexity index is 469. The minimum atomic E-state index is -0.281. The quantitative estimate of drug-likeness (QED) is 0.820. The van der Waals surface area contributed by atoms with Crippen LogP contribution in [0.4, 0.5) is 15.6 Å². The smallest absolute Gasteiger partial charge is 0.308 e. The highest BCUT2D eigenvalue weighted by Crippen LogP contribution is 2.13. The molecule has 1 heterocycles. The first-order chi connectivity index (χ1) is 7.74. The molecular formula is C10H8IN3OS. The minimum absolute atomic E-state index is 0.281. The van der Waals surface area contributed by atoms with Crippen LogP contribution in [0.25, 0.3) is 0 Å². The van der Waals surface area contributed by atoms with Gasteiger partial charge in [0.15, 0.2) is 5.13 Å². The highest BCUT2D eigenvalue weighted by molar-refractivity contribution is 14.1. The summed E-state index contributed by atoms with van der Waals surface area (Å²) >= 11 is 3.59. The van der Waals surface area contributed by atoms with Crippen molar-refractivity contribution in [2.45, 2.75) is 0 Å². The van der Waals surface area contributed by atoms with Gasteiger partial charge in [-0.1, -0.05) is 0 Å². The average molecular weight is 345 g/mol. The van der Waals surface area contributed by atoms with Gasteiger partial charge in [0, 0.05) is 20.8 Å². The van der Waals surface area contributed by atoms with Crippen LogP contribution in [0.1, 0.15) is 0 Å². The SMILES string of the molecule is O=C(Nc1ccc(I)cc1)Nc1nccs1. The first-order valence-corrected chi connectivity index (χ1v) is 6.43. The first-order valence-electron chi connectivity index (χ1n) is 4.47. The third-order valence-corrected chi connectivity index (χ3v) is 3.16. The molecule has 0 saturated carbocycles. The second-order valence-electron chi connectivity index (χ2n) is 2.92. The lowest BCUT2D eigenvalue weighted by Gasteiger charge is -2.04. The predicted octanol–water partition coefficient (Wildman–Crippen LogP) is 3.39. The van der Waals surface area contributed by atoms with Crippen molar-refractivity contribution in [3.63, 3.8) is 0 Å². The fourth-order valence-corrected chi connectivity index (χ4v) is 1.96. The predicted molar refractivity (Wildman–Crippen MR) is 73.9 cm³/mol. The van der Waals surface area contributed by atoms with Crippen molar-refractivity contribution >= 4 is 50.8 Å². The van der Waals surface area contributed by atoms with Crippen LogP contribution in [0.2, 0.25) is 0 Å². The van der Waals surface area contributed by atoms with Crippen LogP contribution >= 0.6 is 33.9 Å². The van der Waals surface area contributed by atoms with Crippen molar-refractivity contribution in [1.82, 2.24) is 4.98 Å². The highest BCUT2D eigenvalue weighted by atomic mass is 127. The molecule has 2 amide bonds. The van der Waals surface area contributed by atoms with Gasteiger partial charge in [-0.25, -0.2) is 9.78 Å². The van der Waals surface area contributed by atoms with Crippen molar-refractivity contribution in [2.75, 3.05) is 10.6 Å². The molecular weight excluding hydrogens is 337 g/mol. The number of aromatic nitrogens is 1. The van der Waals surface area contributed by atoms with E-state index >= 15 is 0 Å². The zero-order chi connectivity index (χ0) is 11.4. The number of nitrogens with one attached hydrogen (secondary N) is 2. The van der Waals surface area contributed by atoms with Crippen molar-refractivity contribution < 1.29 is 4.79 Å². The van der Waals surface area contributed by atoms with Crippen LogP contribution in [-0.4, -0.2) is 11.0 Å². The second-order valence-corrected chi connectivity index (χ2v) is 5.06. The summed E-state index contributed by atoms with van der Waals surface area (Å²) in [6, 6.07) is 7.28. The Morgan fingerprint density at radius 2 is 2.00 bits per heavy atom. The number of thiazole rings is 1. The van der Waals surface area contributed by atoms with Gasteiger partial charge in [0.25, 0.3) is 0 Å². The molecule has 0 atom stereocenters. The number of carbonyl (C=O) groups is 1. The maximum absolute atomic E-state index is 11.5. The van der Waals surface area contributed by atoms with E-state index in [0.717, 1.165) is 9.26 Å². The molecule has 1 aromatic carbocycles. The number of hydrogen-bond acceptors (Lipinski definition) is 3. The van der Waals surface area contributed by atoms with Gasteiger partial charge < -0.3 is 5.32 Å². The molecule has 0 aliphatic carbocycles. The van der Waals surface area contributed by atoms with Gasteiger partial charge in [0.2, 0.25) is 0 Å². The Kier molecular flexibility index (Phi) is 3.73. The van der Waals surface area contributed by atoms with Crippen LogP contribution in [0.15, 0.2) is 35.8 Å². The number of benzene rings is 1. The summed E-state index contributed by atoms with van der Waals surface area (Å²) in [4.78, 5) is 15.5. The molecule has 0 fully saturated rings. The van der Waals surface area contributed by atoms with Gasteiger partial charge in [0.05, 0.1) is 0 Å². The Labute approximate surface area is 110 Å². The van der Waals surface area contributed by atoms with Crippen molar-refractivity contribution in [3.8, 4) is 0 Å². The van der Waals surface area contributed by atoms with E-state index in [4.69, 9.17) is 0 Å². The van der Waals surface area contributed by atoms with Crippen LogP contribution in [0.5, 0.6) is 0 Å². The summed E-state index contributed by atoms with van der Waals surface area (Å²) in [5, 5.41) is 7.75. The molecule has 2 rings (SSSR count). The van der Waals surface area contributed by atoms with Gasteiger partial charge in [-0.15, -0.1) is 11.3 Å². The number of anilines is 2. The fourth-order valence-electron chi connectivity index (χ4n) is 1.08. The Morgan fingerprint density at radius 3 is 2.62 bits per heavy atom. The van der Waals surface area contributed by atoms with Gasteiger partial charge in [-0.05, 0) is 46.9 Å². The van der Waals surface area contributed by atoms with Gasteiger partial charge >= 0.3 is 6.03 Å². The highest BCUT2D eigenvalue weighted by Gasteiger charge is 2.03. The molecule has 0 radical (unpaired) electrons. The van der Waals surface area contributed by atoms with E-state index in [1.807, 2.05) is 24.3 Å². The third-order valence-electron chi connectivity index (χ3n) is 1.75. The zero-order valence-electron chi connectivity index (χ0n) is 8.11. The summed E-state index contributed by atoms with van der Waals surface area (Å²) in [5.41, 5.74) is 0.759. The normalized spacial score (nSPS) is 9.81. The molecule has 82 valence electrons. The van der Waals surface area contributed by atoms with E-state index < -0.39 is 0 Å². The molecule has 0 spiro atoms. The molecule has 16 heavy (non-hydrogen) atoms. The Morgan fingerprint density at radius 1 is 1.25 bits per heavy atom. The minimum Gasteiger partial charge on any atom is -0.308 e. The Balaban J connectivity index is 1.95. The molecule has 6 heteroatoms. The summed E-state index contributed by atoms with van der Waals surface area (Å²) in [7, 11) is 0. The van der Waals surface area contributed by atoms with Gasteiger partial charge in [-0.3, -0.25) is 5.32 Å². The number of nitrogens with zero attached hydrogens (tertiary/aromatic N) is 1. The molecule has 4 nitrogen and oxygen atoms in total. The van der Waals surface area contributed by atoms with E-state index in [9.17, 15) is 4.79 Å². The molecule has 0 bridgehead atoms. The van der Waals surface area contributed by atoms with E-state index in [1.165, 1.54) is 11.3 Å². The summed E-state index contributed by atoms with van der Waals surface area (Å²) < 4.78 is 1.13. The molecule has 2 aromatic rings. The largest absolute Gasteiger partial charge is 0.325 e. The molecule has 1 aromatic heterocycles. The lowest BCUT2D eigenvalue weighted by Crippen LogP contribution is -2.19. The number of urea groups is 1. The fraction of sp³-hybridized carbons (Fsp3) is 0. The maximum Gasteiger partial charge on any atom is 0.325 e. The summed E-state index contributed by atoms with van der Waals surface area (Å²) in [6.07, 6.45) is 1.64. The van der Waals surface area contributed by atoms with Crippen LogP contribution in [-0.2, 0) is 0 Å². The number of halogens is 1. The van der Waals surface area contributed by atoms with Gasteiger partial charge in [0.1, 0.15) is 0 Å². The first kappa shape index (κ1) is 11.3. The standard InChI is InChI=1S/C10H8IN3OS/c11-7-1-3-8(4-2-7)13-9(15)14-10-12-5-6-16-10/h1-6H,(H2,12,13,14,15). The van der Waals surface area contributed by atoms with Crippen LogP contribution < -0.4 is 10.6 Å². The number of hydrogen-bond donors (Lipinski definition) is 2. The number of amides is 2. The van der Waals surface area contributed by atoms with Crippen molar-refractivity contribution in [1.29, 1.82) is 0 Å². The molecule has 2 N–H and O–H groups in total. The molecule has 0 saturated heterocycles. The maximum atomic E-state index is 11.5. The van der Waals surface area contributed by atoms with Crippen molar-refractivity contribution in [3.05, 3.63) is 39.4 Å². The lowest BCUT2D eigenvalue weighted by molar-refractivity contribution is 0.262. The third kappa shape index (κ3) is 3.17. The number of rotatable bonds is 2. The summed E-state index contributed by atoms with van der Waals surface area (Å²) in [5.74, 6) is 0. The van der Waals surface area contributed by atoms with E-state index in [2.05, 4.69) is 38.2 Å². The second kappa shape index (κ2) is 5.26. The van der Waals surface area contributed by atoms with Crippen LogP contribution in [0, 0.1) is 3.57 Å². The average Bonchev–Trinajstić information content (AvgIpc) is 2.74. The van der Waals surface area contributed by atoms with E-state index in [1.54, 1.807) is 11.6 Å². The lowest BCUT2D eigenvalue weighted by atomic mass is 10.3. The molecule has 0 aliphatic rings. The monoisotopic (exact) mass is 345 g/mol. The van der Waals surface area contributed by atoms with Gasteiger partial charge in [-0.2, -0.15) is 0 Å². The van der Waals surface area contributed by atoms with Crippen LogP contribution in [0.3, 0.4) is 0 Å². The van der Waals surface area contributed by atoms with E-state index in [-0.39, 0.29) is 6.03 Å². The topological polar surface area (TPSA) is 54.0 Å². The zero-order valence-corrected chi connectivity index (χ0v) is 11.1. The number of carbonyl (C=O) groups excluding carboxylic acids is 1. The molecule has 0 unspecified atom stereocenters.